The number of ether oxygens (including phenoxy) is 1. The number of carbonyl (C=O) groups is 3. The summed E-state index contributed by atoms with van der Waals surface area (Å²) in [5.41, 5.74) is 2.91. The van der Waals surface area contributed by atoms with Crippen LogP contribution in [0.5, 0.6) is 0 Å². The number of anilines is 1. The molecule has 0 aliphatic heterocycles. The molecule has 6 nitrogen and oxygen atoms in total. The van der Waals surface area contributed by atoms with Gasteiger partial charge in [0, 0.05) is 21.3 Å². The van der Waals surface area contributed by atoms with Gasteiger partial charge in [0.15, 0.2) is 6.61 Å². The van der Waals surface area contributed by atoms with Crippen molar-refractivity contribution in [1.29, 1.82) is 0 Å². The molecule has 8 heteroatoms. The third kappa shape index (κ3) is 6.27. The van der Waals surface area contributed by atoms with Gasteiger partial charge in [-0.2, -0.15) is 0 Å². The van der Waals surface area contributed by atoms with E-state index in [0.717, 1.165) is 11.1 Å². The van der Waals surface area contributed by atoms with E-state index in [9.17, 15) is 14.4 Å². The van der Waals surface area contributed by atoms with E-state index >= 15 is 0 Å². The van der Waals surface area contributed by atoms with Crippen LogP contribution in [0, 0.1) is 13.8 Å². The molecule has 2 aromatic rings. The second-order valence-corrected chi connectivity index (χ2v) is 6.67. The number of benzene rings is 2. The van der Waals surface area contributed by atoms with E-state index in [0.29, 0.717) is 21.3 Å². The van der Waals surface area contributed by atoms with Crippen LogP contribution in [0.3, 0.4) is 0 Å². The molecule has 142 valence electrons. The monoisotopic (exact) mass is 408 g/mol. The highest BCUT2D eigenvalue weighted by molar-refractivity contribution is 6.36. The SMILES string of the molecule is Cc1ccc(NC(=O)NC(=O)COC(=O)Cc2c(Cl)cccc2Cl)c(C)c1. The van der Waals surface area contributed by atoms with Crippen LogP contribution in [0.4, 0.5) is 10.5 Å². The van der Waals surface area contributed by atoms with Gasteiger partial charge in [0.2, 0.25) is 0 Å². The largest absolute Gasteiger partial charge is 0.455 e. The smallest absolute Gasteiger partial charge is 0.325 e. The highest BCUT2D eigenvalue weighted by Crippen LogP contribution is 2.24. The lowest BCUT2D eigenvalue weighted by atomic mass is 10.1. The Bertz CT molecular complexity index is 864. The average molecular weight is 409 g/mol. The molecule has 0 aliphatic carbocycles. The second kappa shape index (κ2) is 9.39. The van der Waals surface area contributed by atoms with Crippen molar-refractivity contribution in [3.05, 3.63) is 63.1 Å². The Morgan fingerprint density at radius 1 is 1.04 bits per heavy atom. The van der Waals surface area contributed by atoms with Crippen molar-refractivity contribution in [2.24, 2.45) is 0 Å². The highest BCUT2D eigenvalue weighted by atomic mass is 35.5. The van der Waals surface area contributed by atoms with Crippen LogP contribution in [0.1, 0.15) is 16.7 Å². The molecule has 0 unspecified atom stereocenters. The Morgan fingerprint density at radius 2 is 1.70 bits per heavy atom. The molecule has 0 spiro atoms. The molecule has 0 aliphatic rings. The molecule has 0 bridgehead atoms. The molecule has 0 heterocycles. The fourth-order valence-corrected chi connectivity index (χ4v) is 2.84. The summed E-state index contributed by atoms with van der Waals surface area (Å²) in [4.78, 5) is 35.5. The first-order valence-corrected chi connectivity index (χ1v) is 8.78. The fraction of sp³-hybridized carbons (Fsp3) is 0.211. The van der Waals surface area contributed by atoms with Crippen molar-refractivity contribution in [1.82, 2.24) is 5.32 Å². The average Bonchev–Trinajstić information content (AvgIpc) is 2.59. The topological polar surface area (TPSA) is 84.5 Å². The molecule has 2 N–H and O–H groups in total. The summed E-state index contributed by atoms with van der Waals surface area (Å²) in [5, 5.41) is 5.32. The van der Waals surface area contributed by atoms with Gasteiger partial charge in [0.05, 0.1) is 6.42 Å². The molecule has 0 saturated heterocycles. The summed E-state index contributed by atoms with van der Waals surface area (Å²) in [6, 6.07) is 9.62. The number of nitrogens with one attached hydrogen (secondary N) is 2. The Hall–Kier alpha value is -2.57. The van der Waals surface area contributed by atoms with Gasteiger partial charge in [-0.15, -0.1) is 0 Å². The zero-order valence-electron chi connectivity index (χ0n) is 14.8. The van der Waals surface area contributed by atoms with Crippen molar-refractivity contribution < 1.29 is 19.1 Å². The lowest BCUT2D eigenvalue weighted by Crippen LogP contribution is -2.37. The number of hydrogen-bond donors (Lipinski definition) is 2. The Labute approximate surface area is 166 Å². The van der Waals surface area contributed by atoms with E-state index in [1.165, 1.54) is 0 Å². The third-order valence-corrected chi connectivity index (χ3v) is 4.34. The molecule has 2 aromatic carbocycles. The number of carbonyl (C=O) groups excluding carboxylic acids is 3. The van der Waals surface area contributed by atoms with Crippen molar-refractivity contribution >= 4 is 46.8 Å². The maximum atomic E-state index is 11.9. The normalized spacial score (nSPS) is 10.2. The third-order valence-electron chi connectivity index (χ3n) is 3.63. The van der Waals surface area contributed by atoms with Gasteiger partial charge in [-0.05, 0) is 37.6 Å². The molecule has 0 aromatic heterocycles. The molecular weight excluding hydrogens is 391 g/mol. The van der Waals surface area contributed by atoms with Crippen LogP contribution in [0.2, 0.25) is 10.0 Å². The van der Waals surface area contributed by atoms with Crippen LogP contribution in [0.25, 0.3) is 0 Å². The predicted octanol–water partition coefficient (Wildman–Crippen LogP) is 4.04. The van der Waals surface area contributed by atoms with Crippen molar-refractivity contribution in [3.8, 4) is 0 Å². The number of imide groups is 1. The van der Waals surface area contributed by atoms with Crippen LogP contribution < -0.4 is 10.6 Å². The van der Waals surface area contributed by atoms with Gasteiger partial charge in [0.1, 0.15) is 0 Å². The number of amides is 3. The number of rotatable bonds is 5. The van der Waals surface area contributed by atoms with Crippen LogP contribution in [-0.4, -0.2) is 24.5 Å². The minimum absolute atomic E-state index is 0.180. The zero-order valence-corrected chi connectivity index (χ0v) is 16.3. The highest BCUT2D eigenvalue weighted by Gasteiger charge is 2.15. The number of halogens is 2. The molecular formula is C19H18Cl2N2O4. The van der Waals surface area contributed by atoms with E-state index < -0.39 is 24.5 Å². The number of urea groups is 1. The second-order valence-electron chi connectivity index (χ2n) is 5.86. The number of esters is 1. The van der Waals surface area contributed by atoms with Gasteiger partial charge in [-0.3, -0.25) is 14.9 Å². The van der Waals surface area contributed by atoms with Crippen LogP contribution >= 0.6 is 23.2 Å². The van der Waals surface area contributed by atoms with Gasteiger partial charge in [-0.25, -0.2) is 4.79 Å². The Morgan fingerprint density at radius 3 is 2.33 bits per heavy atom. The first kappa shape index (κ1) is 20.7. The van der Waals surface area contributed by atoms with E-state index in [2.05, 4.69) is 10.6 Å². The molecule has 0 atom stereocenters. The summed E-state index contributed by atoms with van der Waals surface area (Å²) in [7, 11) is 0. The van der Waals surface area contributed by atoms with E-state index in [1.807, 2.05) is 26.0 Å². The van der Waals surface area contributed by atoms with Crippen molar-refractivity contribution in [2.45, 2.75) is 20.3 Å². The molecule has 2 rings (SSSR count). The van der Waals surface area contributed by atoms with E-state index in [-0.39, 0.29) is 6.42 Å². The first-order valence-electron chi connectivity index (χ1n) is 8.03. The minimum atomic E-state index is -0.754. The maximum Gasteiger partial charge on any atom is 0.325 e. The minimum Gasteiger partial charge on any atom is -0.455 e. The molecule has 0 fully saturated rings. The molecule has 3 amide bonds. The van der Waals surface area contributed by atoms with Crippen LogP contribution in [0.15, 0.2) is 36.4 Å². The maximum absolute atomic E-state index is 11.9. The van der Waals surface area contributed by atoms with Crippen molar-refractivity contribution in [3.63, 3.8) is 0 Å². The van der Waals surface area contributed by atoms with Gasteiger partial charge in [0.25, 0.3) is 5.91 Å². The summed E-state index contributed by atoms with van der Waals surface area (Å²) in [5.74, 6) is -1.44. The van der Waals surface area contributed by atoms with Crippen LogP contribution in [-0.2, 0) is 20.7 Å². The quantitative estimate of drug-likeness (QED) is 0.730. The molecule has 0 saturated carbocycles. The lowest BCUT2D eigenvalue weighted by molar-refractivity contribution is -0.147. The lowest BCUT2D eigenvalue weighted by Gasteiger charge is -2.10. The molecule has 0 radical (unpaired) electrons. The van der Waals surface area contributed by atoms with E-state index in [1.54, 1.807) is 24.3 Å². The van der Waals surface area contributed by atoms with Gasteiger partial charge in [-0.1, -0.05) is 47.0 Å². The summed E-state index contributed by atoms with van der Waals surface area (Å²) < 4.78 is 4.86. The van der Waals surface area contributed by atoms with Gasteiger partial charge < -0.3 is 10.1 Å². The Balaban J connectivity index is 1.81. The van der Waals surface area contributed by atoms with Gasteiger partial charge >= 0.3 is 12.0 Å². The standard InChI is InChI=1S/C19H18Cl2N2O4/c1-11-6-7-16(12(2)8-11)22-19(26)23-17(24)10-27-18(25)9-13-14(20)4-3-5-15(13)21/h3-8H,9-10H2,1-2H3,(H2,22,23,24,26). The van der Waals surface area contributed by atoms with E-state index in [4.69, 9.17) is 27.9 Å². The summed E-state index contributed by atoms with van der Waals surface area (Å²) >= 11 is 12.0. The van der Waals surface area contributed by atoms with Crippen molar-refractivity contribution in [2.75, 3.05) is 11.9 Å². The number of hydrogen-bond acceptors (Lipinski definition) is 4. The summed E-state index contributed by atoms with van der Waals surface area (Å²) in [6.07, 6.45) is -0.180. The summed E-state index contributed by atoms with van der Waals surface area (Å²) in [6.45, 7) is 3.18. The first-order chi connectivity index (χ1) is 12.8. The zero-order chi connectivity index (χ0) is 20.0. The number of aryl methyl sites for hydroxylation is 2. The fourth-order valence-electron chi connectivity index (χ4n) is 2.31. The Kier molecular flexibility index (Phi) is 7.21. The molecule has 27 heavy (non-hydrogen) atoms. The predicted molar refractivity (Wildman–Crippen MR) is 104 cm³/mol.